The first-order valence-electron chi connectivity index (χ1n) is 10.8. The summed E-state index contributed by atoms with van der Waals surface area (Å²) in [7, 11) is 0. The minimum Gasteiger partial charge on any atom is -0.490 e. The van der Waals surface area contributed by atoms with E-state index in [0.29, 0.717) is 42.6 Å². The molecule has 0 saturated carbocycles. The summed E-state index contributed by atoms with van der Waals surface area (Å²) in [4.78, 5) is 23.3. The molecule has 34 heavy (non-hydrogen) atoms. The van der Waals surface area contributed by atoms with E-state index in [0.717, 1.165) is 11.1 Å². The number of carboxylic acids is 1. The molecule has 0 aliphatic carbocycles. The number of carbonyl (C=O) groups excluding carboxylic acids is 1. The lowest BCUT2D eigenvalue weighted by Crippen LogP contribution is -2.17. The van der Waals surface area contributed by atoms with E-state index in [1.807, 2.05) is 26.0 Å². The molecule has 0 spiro atoms. The molecule has 1 amide bonds. The maximum absolute atomic E-state index is 12.4. The van der Waals surface area contributed by atoms with Crippen LogP contribution in [0.5, 0.6) is 17.2 Å². The Labute approximate surface area is 197 Å². The van der Waals surface area contributed by atoms with Crippen LogP contribution in [0.1, 0.15) is 45.7 Å². The average Bonchev–Trinajstić information content (AvgIpc) is 2.85. The van der Waals surface area contributed by atoms with E-state index in [1.54, 1.807) is 54.6 Å². The fraction of sp³-hybridized carbons (Fsp3) is 0.192. The Morgan fingerprint density at radius 1 is 0.853 bits per heavy atom. The molecule has 3 aromatic rings. The van der Waals surface area contributed by atoms with Gasteiger partial charge in [0, 0.05) is 5.56 Å². The average molecular weight is 463 g/mol. The summed E-state index contributed by atoms with van der Waals surface area (Å²) in [5.74, 6) is 0.421. The molecule has 0 atom stereocenters. The zero-order chi connectivity index (χ0) is 24.3. The van der Waals surface area contributed by atoms with Gasteiger partial charge in [-0.3, -0.25) is 4.79 Å². The Morgan fingerprint density at radius 3 is 2.15 bits per heavy atom. The van der Waals surface area contributed by atoms with Gasteiger partial charge in [0.25, 0.3) is 5.91 Å². The Balaban J connectivity index is 1.53. The molecule has 0 aromatic heterocycles. The van der Waals surface area contributed by atoms with Crippen LogP contribution < -0.4 is 19.6 Å². The summed E-state index contributed by atoms with van der Waals surface area (Å²) in [5, 5.41) is 13.0. The summed E-state index contributed by atoms with van der Waals surface area (Å²) in [6.07, 6.45) is 1.53. The van der Waals surface area contributed by atoms with Crippen molar-refractivity contribution in [1.82, 2.24) is 5.43 Å². The predicted molar refractivity (Wildman–Crippen MR) is 128 cm³/mol. The lowest BCUT2D eigenvalue weighted by atomic mass is 10.1. The molecule has 0 unspecified atom stereocenters. The topological polar surface area (TPSA) is 106 Å². The smallest absolute Gasteiger partial charge is 0.335 e. The lowest BCUT2D eigenvalue weighted by Gasteiger charge is -2.11. The highest BCUT2D eigenvalue weighted by atomic mass is 16.5. The zero-order valence-electron chi connectivity index (χ0n) is 19.0. The number of hydrogen-bond acceptors (Lipinski definition) is 6. The summed E-state index contributed by atoms with van der Waals surface area (Å²) in [6.45, 7) is 5.02. The molecular formula is C26H26N2O6. The van der Waals surface area contributed by atoms with Crippen molar-refractivity contribution < 1.29 is 28.9 Å². The van der Waals surface area contributed by atoms with E-state index in [-0.39, 0.29) is 11.5 Å². The van der Waals surface area contributed by atoms with Crippen LogP contribution in [0.25, 0.3) is 0 Å². The molecule has 0 fully saturated rings. The first-order chi connectivity index (χ1) is 16.5. The molecule has 2 N–H and O–H groups in total. The van der Waals surface area contributed by atoms with Crippen molar-refractivity contribution in [2.75, 3.05) is 13.2 Å². The van der Waals surface area contributed by atoms with Crippen molar-refractivity contribution in [2.24, 2.45) is 5.10 Å². The third-order valence-electron chi connectivity index (χ3n) is 4.67. The molecule has 0 radical (unpaired) electrons. The predicted octanol–water partition coefficient (Wildman–Crippen LogP) is 4.53. The fourth-order valence-electron chi connectivity index (χ4n) is 2.98. The van der Waals surface area contributed by atoms with E-state index in [4.69, 9.17) is 19.3 Å². The quantitative estimate of drug-likeness (QED) is 0.320. The fourth-order valence-corrected chi connectivity index (χ4v) is 2.98. The standard InChI is InChI=1S/C26H26N2O6/c1-3-32-23-14-11-21(15-24(23)33-4-2)25(29)28-27-16-18-7-12-22(13-8-18)34-17-19-5-9-20(10-6-19)26(30)31/h5-16H,3-4,17H2,1-2H3,(H,28,29)(H,30,31)/b27-16+. The second kappa shape index (κ2) is 12.1. The number of aromatic carboxylic acids is 1. The van der Waals surface area contributed by atoms with Crippen molar-refractivity contribution >= 4 is 18.1 Å². The van der Waals surface area contributed by atoms with E-state index in [2.05, 4.69) is 10.5 Å². The number of rotatable bonds is 11. The maximum Gasteiger partial charge on any atom is 0.335 e. The Kier molecular flexibility index (Phi) is 8.62. The highest BCUT2D eigenvalue weighted by Crippen LogP contribution is 2.28. The van der Waals surface area contributed by atoms with Crippen LogP contribution in [0.15, 0.2) is 71.8 Å². The van der Waals surface area contributed by atoms with Crippen LogP contribution >= 0.6 is 0 Å². The lowest BCUT2D eigenvalue weighted by molar-refractivity contribution is 0.0696. The molecule has 0 aliphatic heterocycles. The number of benzene rings is 3. The number of nitrogens with zero attached hydrogens (tertiary/aromatic N) is 1. The second-order valence-electron chi connectivity index (χ2n) is 7.09. The van der Waals surface area contributed by atoms with Crippen LogP contribution in [0.4, 0.5) is 0 Å². The van der Waals surface area contributed by atoms with Gasteiger partial charge in [0.05, 0.1) is 25.0 Å². The van der Waals surface area contributed by atoms with E-state index >= 15 is 0 Å². The van der Waals surface area contributed by atoms with Crippen LogP contribution in [-0.4, -0.2) is 36.4 Å². The molecule has 176 valence electrons. The number of hydrogen-bond donors (Lipinski definition) is 2. The molecule has 0 saturated heterocycles. The van der Waals surface area contributed by atoms with Crippen LogP contribution in [0, 0.1) is 0 Å². The molecule has 0 bridgehead atoms. The Morgan fingerprint density at radius 2 is 1.50 bits per heavy atom. The van der Waals surface area contributed by atoms with Crippen LogP contribution in [0.3, 0.4) is 0 Å². The number of carbonyl (C=O) groups is 2. The first kappa shape index (κ1) is 24.3. The summed E-state index contributed by atoms with van der Waals surface area (Å²) < 4.78 is 16.8. The number of carboxylic acid groups (broad SMARTS) is 1. The number of nitrogens with one attached hydrogen (secondary N) is 1. The Hall–Kier alpha value is -4.33. The van der Waals surface area contributed by atoms with Crippen molar-refractivity contribution in [1.29, 1.82) is 0 Å². The second-order valence-corrected chi connectivity index (χ2v) is 7.09. The van der Waals surface area contributed by atoms with Gasteiger partial charge < -0.3 is 19.3 Å². The minimum atomic E-state index is -0.962. The van der Waals surface area contributed by atoms with E-state index < -0.39 is 5.97 Å². The van der Waals surface area contributed by atoms with Crippen molar-refractivity contribution in [3.8, 4) is 17.2 Å². The summed E-state index contributed by atoms with van der Waals surface area (Å²) in [6, 6.07) is 18.7. The highest BCUT2D eigenvalue weighted by molar-refractivity contribution is 5.95. The van der Waals surface area contributed by atoms with Crippen LogP contribution in [0.2, 0.25) is 0 Å². The van der Waals surface area contributed by atoms with Crippen molar-refractivity contribution in [3.63, 3.8) is 0 Å². The maximum atomic E-state index is 12.4. The van der Waals surface area contributed by atoms with Crippen molar-refractivity contribution in [3.05, 3.63) is 89.0 Å². The molecule has 3 aromatic carbocycles. The Bertz CT molecular complexity index is 1140. The SMILES string of the molecule is CCOc1ccc(C(=O)N/N=C/c2ccc(OCc3ccc(C(=O)O)cc3)cc2)cc1OCC. The number of ether oxygens (including phenoxy) is 3. The molecular weight excluding hydrogens is 436 g/mol. The zero-order valence-corrected chi connectivity index (χ0v) is 19.0. The molecule has 8 heteroatoms. The summed E-state index contributed by atoms with van der Waals surface area (Å²) in [5.41, 5.74) is 4.78. The van der Waals surface area contributed by atoms with Gasteiger partial charge in [-0.05, 0) is 79.6 Å². The molecule has 3 rings (SSSR count). The van der Waals surface area contributed by atoms with Gasteiger partial charge in [-0.2, -0.15) is 5.10 Å². The van der Waals surface area contributed by atoms with Gasteiger partial charge >= 0.3 is 5.97 Å². The molecule has 0 heterocycles. The van der Waals surface area contributed by atoms with Gasteiger partial charge in [0.2, 0.25) is 0 Å². The largest absolute Gasteiger partial charge is 0.490 e. The number of amides is 1. The van der Waals surface area contributed by atoms with Gasteiger partial charge in [-0.1, -0.05) is 12.1 Å². The van der Waals surface area contributed by atoms with Gasteiger partial charge in [-0.25, -0.2) is 10.2 Å². The number of hydrazone groups is 1. The first-order valence-corrected chi connectivity index (χ1v) is 10.8. The third-order valence-corrected chi connectivity index (χ3v) is 4.67. The van der Waals surface area contributed by atoms with Gasteiger partial charge in [0.1, 0.15) is 12.4 Å². The summed E-state index contributed by atoms with van der Waals surface area (Å²) >= 11 is 0. The monoisotopic (exact) mass is 462 g/mol. The normalized spacial score (nSPS) is 10.6. The molecule has 8 nitrogen and oxygen atoms in total. The van der Waals surface area contributed by atoms with Gasteiger partial charge in [-0.15, -0.1) is 0 Å². The van der Waals surface area contributed by atoms with Crippen molar-refractivity contribution in [2.45, 2.75) is 20.5 Å². The minimum absolute atomic E-state index is 0.233. The van der Waals surface area contributed by atoms with Gasteiger partial charge in [0.15, 0.2) is 11.5 Å². The highest BCUT2D eigenvalue weighted by Gasteiger charge is 2.11. The van der Waals surface area contributed by atoms with Crippen LogP contribution in [-0.2, 0) is 6.61 Å². The van der Waals surface area contributed by atoms with E-state index in [9.17, 15) is 9.59 Å². The van der Waals surface area contributed by atoms with E-state index in [1.165, 1.54) is 6.21 Å². The molecule has 0 aliphatic rings. The third kappa shape index (κ3) is 6.83.